The van der Waals surface area contributed by atoms with Crippen molar-refractivity contribution < 1.29 is 9.53 Å². The minimum atomic E-state index is -0.313. The molecule has 1 aromatic heterocycles. The van der Waals surface area contributed by atoms with Gasteiger partial charge in [0.15, 0.2) is 0 Å². The Balaban J connectivity index is 2.60. The maximum absolute atomic E-state index is 11.6. The highest BCUT2D eigenvalue weighted by molar-refractivity contribution is 5.80. The van der Waals surface area contributed by atoms with Gasteiger partial charge in [0.25, 0.3) is 0 Å². The van der Waals surface area contributed by atoms with Crippen LogP contribution in [0.4, 0.5) is 0 Å². The number of rotatable bonds is 3. The van der Waals surface area contributed by atoms with E-state index in [1.54, 1.807) is 16.1 Å². The number of aryl methyl sites for hydroxylation is 3. The van der Waals surface area contributed by atoms with Gasteiger partial charge < -0.3 is 9.30 Å². The molecule has 0 bridgehead atoms. The third kappa shape index (κ3) is 2.28. The molecule has 1 heterocycles. The number of hydrogen-bond acceptors (Lipinski definition) is 3. The highest BCUT2D eigenvalue weighted by Crippen LogP contribution is 2.18. The van der Waals surface area contributed by atoms with Crippen molar-refractivity contribution in [1.29, 1.82) is 5.41 Å². The summed E-state index contributed by atoms with van der Waals surface area (Å²) in [5.74, 6) is -0.313. The minimum absolute atomic E-state index is 0.0759. The Bertz CT molecular complexity index is 695. The molecule has 0 amide bonds. The summed E-state index contributed by atoms with van der Waals surface area (Å²) >= 11 is 0. The van der Waals surface area contributed by atoms with E-state index in [-0.39, 0.29) is 12.5 Å². The molecule has 0 saturated heterocycles. The van der Waals surface area contributed by atoms with E-state index in [0.717, 1.165) is 16.6 Å². The summed E-state index contributed by atoms with van der Waals surface area (Å²) < 4.78 is 8.42. The van der Waals surface area contributed by atoms with Crippen molar-refractivity contribution in [2.75, 3.05) is 6.61 Å². The lowest BCUT2D eigenvalue weighted by atomic mass is 10.1. The molecule has 0 spiro atoms. The maximum atomic E-state index is 11.6. The third-order valence-corrected chi connectivity index (χ3v) is 3.41. The Kier molecular flexibility index (Phi) is 3.46. The van der Waals surface area contributed by atoms with Gasteiger partial charge in [0.2, 0.25) is 5.62 Å². The first-order valence-electron chi connectivity index (χ1n) is 6.32. The van der Waals surface area contributed by atoms with Crippen LogP contribution in [0, 0.1) is 19.3 Å². The van der Waals surface area contributed by atoms with E-state index < -0.39 is 0 Å². The van der Waals surface area contributed by atoms with Crippen LogP contribution in [0.2, 0.25) is 0 Å². The zero-order chi connectivity index (χ0) is 14.2. The third-order valence-electron chi connectivity index (χ3n) is 3.41. The fraction of sp³-hybridized carbons (Fsp3) is 0.429. The van der Waals surface area contributed by atoms with Crippen LogP contribution < -0.4 is 5.62 Å². The molecule has 0 atom stereocenters. The first-order chi connectivity index (χ1) is 8.95. The van der Waals surface area contributed by atoms with Crippen molar-refractivity contribution in [3.8, 4) is 0 Å². The second kappa shape index (κ2) is 4.91. The lowest BCUT2D eigenvalue weighted by Gasteiger charge is -2.05. The number of aromatic nitrogens is 2. The lowest BCUT2D eigenvalue weighted by Crippen LogP contribution is -2.26. The van der Waals surface area contributed by atoms with E-state index in [1.165, 1.54) is 5.56 Å². The standard InChI is InChI=1S/C14H19N3O2/c1-5-19-13(18)8-17-12-7-10(3)9(2)6-11(12)16(4)14(17)15/h6-7,15H,5,8H2,1-4H3. The SMILES string of the molecule is CCOC(=O)Cn1c(=N)n(C)c2cc(C)c(C)cc21. The van der Waals surface area contributed by atoms with Gasteiger partial charge in [-0.1, -0.05) is 0 Å². The largest absolute Gasteiger partial charge is 0.465 e. The van der Waals surface area contributed by atoms with E-state index in [4.69, 9.17) is 10.1 Å². The maximum Gasteiger partial charge on any atom is 0.326 e. The van der Waals surface area contributed by atoms with Crippen molar-refractivity contribution in [3.05, 3.63) is 28.9 Å². The second-order valence-corrected chi connectivity index (χ2v) is 4.70. The number of hydrogen-bond donors (Lipinski definition) is 1. The van der Waals surface area contributed by atoms with Gasteiger partial charge in [-0.05, 0) is 44.0 Å². The van der Waals surface area contributed by atoms with E-state index >= 15 is 0 Å². The molecule has 2 aromatic rings. The summed E-state index contributed by atoms with van der Waals surface area (Å²) in [5, 5.41) is 8.11. The van der Waals surface area contributed by atoms with Crippen LogP contribution in [0.25, 0.3) is 11.0 Å². The van der Waals surface area contributed by atoms with Gasteiger partial charge in [0, 0.05) is 7.05 Å². The molecule has 1 aromatic carbocycles. The van der Waals surface area contributed by atoms with Gasteiger partial charge in [0.1, 0.15) is 6.54 Å². The number of carbonyl (C=O) groups is 1. The normalized spacial score (nSPS) is 10.9. The number of fused-ring (bicyclic) bond motifs is 1. The van der Waals surface area contributed by atoms with Crippen LogP contribution in [0.5, 0.6) is 0 Å². The van der Waals surface area contributed by atoms with Gasteiger partial charge >= 0.3 is 5.97 Å². The van der Waals surface area contributed by atoms with Gasteiger partial charge in [-0.25, -0.2) is 0 Å². The molecule has 0 aliphatic heterocycles. The number of ether oxygens (including phenoxy) is 1. The summed E-state index contributed by atoms with van der Waals surface area (Å²) in [7, 11) is 1.83. The summed E-state index contributed by atoms with van der Waals surface area (Å²) in [4.78, 5) is 11.6. The molecular weight excluding hydrogens is 242 g/mol. The second-order valence-electron chi connectivity index (χ2n) is 4.70. The molecule has 19 heavy (non-hydrogen) atoms. The number of benzene rings is 1. The van der Waals surface area contributed by atoms with Gasteiger partial charge in [-0.3, -0.25) is 14.8 Å². The van der Waals surface area contributed by atoms with Gasteiger partial charge in [0.05, 0.1) is 17.6 Å². The molecule has 102 valence electrons. The van der Waals surface area contributed by atoms with Crippen LogP contribution in [0.15, 0.2) is 12.1 Å². The van der Waals surface area contributed by atoms with Crippen LogP contribution in [0.1, 0.15) is 18.1 Å². The topological polar surface area (TPSA) is 60.0 Å². The van der Waals surface area contributed by atoms with Crippen LogP contribution >= 0.6 is 0 Å². The lowest BCUT2D eigenvalue weighted by molar-refractivity contribution is -0.143. The molecule has 5 heteroatoms. The van der Waals surface area contributed by atoms with E-state index in [2.05, 4.69) is 0 Å². The Morgan fingerprint density at radius 3 is 2.42 bits per heavy atom. The molecule has 1 N–H and O–H groups in total. The Morgan fingerprint density at radius 1 is 1.26 bits per heavy atom. The zero-order valence-corrected chi connectivity index (χ0v) is 11.8. The minimum Gasteiger partial charge on any atom is -0.465 e. The molecule has 0 fully saturated rings. The average molecular weight is 261 g/mol. The monoisotopic (exact) mass is 261 g/mol. The molecule has 0 aliphatic rings. The van der Waals surface area contributed by atoms with Gasteiger partial charge in [-0.15, -0.1) is 0 Å². The zero-order valence-electron chi connectivity index (χ0n) is 11.8. The fourth-order valence-corrected chi connectivity index (χ4v) is 2.18. The molecule has 0 unspecified atom stereocenters. The molecular formula is C14H19N3O2. The highest BCUT2D eigenvalue weighted by atomic mass is 16.5. The summed E-state index contributed by atoms with van der Waals surface area (Å²) in [5.41, 5.74) is 4.47. The number of esters is 1. The predicted molar refractivity (Wildman–Crippen MR) is 72.9 cm³/mol. The quantitative estimate of drug-likeness (QED) is 0.854. The van der Waals surface area contributed by atoms with Crippen molar-refractivity contribution in [3.63, 3.8) is 0 Å². The highest BCUT2D eigenvalue weighted by Gasteiger charge is 2.13. The molecule has 0 radical (unpaired) electrons. The Morgan fingerprint density at radius 2 is 1.84 bits per heavy atom. The molecule has 0 saturated carbocycles. The van der Waals surface area contributed by atoms with Crippen molar-refractivity contribution in [2.24, 2.45) is 7.05 Å². The fourth-order valence-electron chi connectivity index (χ4n) is 2.18. The Labute approximate surface area is 111 Å². The van der Waals surface area contributed by atoms with Crippen molar-refractivity contribution in [2.45, 2.75) is 27.3 Å². The number of nitrogens with zero attached hydrogens (tertiary/aromatic N) is 2. The smallest absolute Gasteiger partial charge is 0.326 e. The summed E-state index contributed by atoms with van der Waals surface area (Å²) in [6.45, 7) is 6.28. The van der Waals surface area contributed by atoms with Crippen LogP contribution in [-0.2, 0) is 23.1 Å². The summed E-state index contributed by atoms with van der Waals surface area (Å²) in [6.07, 6.45) is 0. The number of imidazole rings is 1. The van der Waals surface area contributed by atoms with Crippen LogP contribution in [0.3, 0.4) is 0 Å². The average Bonchev–Trinajstić information content (AvgIpc) is 2.56. The first-order valence-corrected chi connectivity index (χ1v) is 6.32. The van der Waals surface area contributed by atoms with Crippen LogP contribution in [-0.4, -0.2) is 21.7 Å². The van der Waals surface area contributed by atoms with E-state index in [1.807, 2.05) is 33.0 Å². The van der Waals surface area contributed by atoms with E-state index in [9.17, 15) is 4.79 Å². The molecule has 5 nitrogen and oxygen atoms in total. The summed E-state index contributed by atoms with van der Waals surface area (Å²) in [6, 6.07) is 4.06. The number of nitrogens with one attached hydrogen (secondary N) is 1. The van der Waals surface area contributed by atoms with Crippen molar-refractivity contribution >= 4 is 17.0 Å². The Hall–Kier alpha value is -2.04. The number of carbonyl (C=O) groups excluding carboxylic acids is 1. The van der Waals surface area contributed by atoms with Crippen molar-refractivity contribution in [1.82, 2.24) is 9.13 Å². The predicted octanol–water partition coefficient (Wildman–Crippen LogP) is 1.64. The first kappa shape index (κ1) is 13.4. The van der Waals surface area contributed by atoms with E-state index in [0.29, 0.717) is 12.2 Å². The molecule has 2 rings (SSSR count). The van der Waals surface area contributed by atoms with Gasteiger partial charge in [-0.2, -0.15) is 0 Å². The molecule has 0 aliphatic carbocycles.